The minimum Gasteiger partial charge on any atom is -0.507 e. The predicted molar refractivity (Wildman–Crippen MR) is 123 cm³/mol. The van der Waals surface area contributed by atoms with E-state index in [1.54, 1.807) is 32.9 Å². The molecule has 2 aromatic rings. The van der Waals surface area contributed by atoms with E-state index in [0.29, 0.717) is 12.8 Å². The molecular weight excluding hydrogens is 422 g/mol. The zero-order chi connectivity index (χ0) is 24.0. The Hall–Kier alpha value is -3.61. The van der Waals surface area contributed by atoms with Crippen LogP contribution in [0.5, 0.6) is 0 Å². The van der Waals surface area contributed by atoms with Gasteiger partial charge in [-0.3, -0.25) is 4.79 Å². The Balaban J connectivity index is 1.79. The van der Waals surface area contributed by atoms with E-state index in [4.69, 9.17) is 9.47 Å². The first-order valence-corrected chi connectivity index (χ1v) is 10.9. The van der Waals surface area contributed by atoms with Crippen LogP contribution in [0.25, 0.3) is 0 Å². The van der Waals surface area contributed by atoms with Crippen molar-refractivity contribution in [1.29, 1.82) is 0 Å². The quantitative estimate of drug-likeness (QED) is 0.464. The summed E-state index contributed by atoms with van der Waals surface area (Å²) in [4.78, 5) is 38.2. The molecule has 0 saturated heterocycles. The number of hydrogen-bond acceptors (Lipinski definition) is 6. The summed E-state index contributed by atoms with van der Waals surface area (Å²) in [6.45, 7) is 5.13. The number of Topliss-reactive ketones (excluding diaryl/α,β-unsaturated/α-hetero) is 1. The lowest BCUT2D eigenvalue weighted by atomic mass is 9.96. The molecule has 7 heteroatoms. The zero-order valence-electron chi connectivity index (χ0n) is 19.0. The summed E-state index contributed by atoms with van der Waals surface area (Å²) in [5.41, 5.74) is 0.611. The van der Waals surface area contributed by atoms with Crippen LogP contribution in [0.2, 0.25) is 0 Å². The third kappa shape index (κ3) is 6.68. The topological polar surface area (TPSA) is 102 Å². The van der Waals surface area contributed by atoms with Crippen LogP contribution in [-0.2, 0) is 31.9 Å². The molecule has 1 aliphatic heterocycles. The number of hydrogen-bond donors (Lipinski definition) is 2. The van der Waals surface area contributed by atoms with Crippen molar-refractivity contribution < 1.29 is 29.0 Å². The average molecular weight is 452 g/mol. The Labute approximate surface area is 193 Å². The van der Waals surface area contributed by atoms with Crippen LogP contribution < -0.4 is 5.32 Å². The van der Waals surface area contributed by atoms with Crippen LogP contribution in [-0.4, -0.2) is 40.7 Å². The highest BCUT2D eigenvalue weighted by molar-refractivity contribution is 6.21. The van der Waals surface area contributed by atoms with Gasteiger partial charge in [0, 0.05) is 6.42 Å². The van der Waals surface area contributed by atoms with Gasteiger partial charge in [0.15, 0.2) is 17.6 Å². The summed E-state index contributed by atoms with van der Waals surface area (Å²) in [5.74, 6) is -2.00. The number of aliphatic hydroxyl groups is 1. The lowest BCUT2D eigenvalue weighted by molar-refractivity contribution is -0.141. The van der Waals surface area contributed by atoms with Crippen molar-refractivity contribution in [3.8, 4) is 0 Å². The molecule has 2 atom stereocenters. The number of benzene rings is 2. The maximum absolute atomic E-state index is 13.3. The van der Waals surface area contributed by atoms with Gasteiger partial charge in [-0.15, -0.1) is 0 Å². The van der Waals surface area contributed by atoms with Gasteiger partial charge in [0.25, 0.3) is 0 Å². The smallest absolute Gasteiger partial charge is 0.408 e. The number of ether oxygens (including phenoxy) is 2. The van der Waals surface area contributed by atoms with Crippen LogP contribution in [0.15, 0.2) is 72.0 Å². The average Bonchev–Trinajstić information content (AvgIpc) is 3.04. The van der Waals surface area contributed by atoms with Crippen LogP contribution >= 0.6 is 0 Å². The fraction of sp³-hybridized carbons (Fsp3) is 0.346. The molecule has 0 aromatic heterocycles. The predicted octanol–water partition coefficient (Wildman–Crippen LogP) is 4.06. The maximum Gasteiger partial charge on any atom is 0.408 e. The molecule has 1 amide bonds. The van der Waals surface area contributed by atoms with E-state index in [-0.39, 0.29) is 6.42 Å². The molecular formula is C26H29NO6. The van der Waals surface area contributed by atoms with Crippen molar-refractivity contribution in [1.82, 2.24) is 5.32 Å². The van der Waals surface area contributed by atoms with Gasteiger partial charge in [0.2, 0.25) is 0 Å². The Morgan fingerprint density at radius 3 is 2.18 bits per heavy atom. The van der Waals surface area contributed by atoms with Crippen molar-refractivity contribution in [2.45, 2.75) is 57.8 Å². The Morgan fingerprint density at radius 1 is 1.03 bits per heavy atom. The number of rotatable bonds is 8. The van der Waals surface area contributed by atoms with E-state index in [2.05, 4.69) is 5.32 Å². The van der Waals surface area contributed by atoms with Crippen LogP contribution in [0, 0.1) is 0 Å². The maximum atomic E-state index is 13.3. The molecule has 2 N–H and O–H groups in total. The van der Waals surface area contributed by atoms with E-state index in [0.717, 1.165) is 11.1 Å². The van der Waals surface area contributed by atoms with Crippen LogP contribution in [0.4, 0.5) is 4.79 Å². The molecule has 174 valence electrons. The monoisotopic (exact) mass is 451 g/mol. The minimum absolute atomic E-state index is 0.123. The third-order valence-corrected chi connectivity index (χ3v) is 5.09. The number of esters is 1. The van der Waals surface area contributed by atoms with E-state index in [1.807, 2.05) is 48.5 Å². The highest BCUT2D eigenvalue weighted by atomic mass is 16.6. The molecule has 1 aliphatic rings. The molecule has 1 heterocycles. The molecule has 0 aliphatic carbocycles. The van der Waals surface area contributed by atoms with Crippen molar-refractivity contribution >= 4 is 17.8 Å². The molecule has 0 spiro atoms. The van der Waals surface area contributed by atoms with Gasteiger partial charge >= 0.3 is 12.1 Å². The first-order valence-electron chi connectivity index (χ1n) is 10.9. The Bertz CT molecular complexity index is 1020. The molecule has 0 fully saturated rings. The molecule has 0 radical (unpaired) electrons. The highest BCUT2D eigenvalue weighted by Gasteiger charge is 2.41. The van der Waals surface area contributed by atoms with Gasteiger partial charge < -0.3 is 19.9 Å². The van der Waals surface area contributed by atoms with Gasteiger partial charge in [-0.05, 0) is 44.7 Å². The molecule has 3 rings (SSSR count). The number of amides is 1. The van der Waals surface area contributed by atoms with E-state index in [1.165, 1.54) is 0 Å². The first-order chi connectivity index (χ1) is 15.6. The second-order valence-electron chi connectivity index (χ2n) is 8.93. The number of carbonyl (C=O) groups excluding carboxylic acids is 3. The Morgan fingerprint density at radius 2 is 1.61 bits per heavy atom. The van der Waals surface area contributed by atoms with E-state index >= 15 is 0 Å². The van der Waals surface area contributed by atoms with E-state index in [9.17, 15) is 19.5 Å². The summed E-state index contributed by atoms with van der Waals surface area (Å²) in [6.07, 6.45) is -0.674. The van der Waals surface area contributed by atoms with Crippen molar-refractivity contribution in [2.24, 2.45) is 0 Å². The number of alkyl carbamates (subject to hydrolysis) is 1. The molecule has 33 heavy (non-hydrogen) atoms. The van der Waals surface area contributed by atoms with Crippen molar-refractivity contribution in [3.05, 3.63) is 83.1 Å². The van der Waals surface area contributed by atoms with Crippen molar-refractivity contribution in [2.75, 3.05) is 0 Å². The summed E-state index contributed by atoms with van der Waals surface area (Å²) in [6, 6.07) is 17.5. The fourth-order valence-corrected chi connectivity index (χ4v) is 3.56. The van der Waals surface area contributed by atoms with Crippen LogP contribution in [0.1, 0.15) is 38.3 Å². The number of nitrogens with one attached hydrogen (secondary N) is 1. The summed E-state index contributed by atoms with van der Waals surface area (Å²) in [7, 11) is 0. The van der Waals surface area contributed by atoms with Gasteiger partial charge in [-0.25, -0.2) is 9.59 Å². The normalized spacial score (nSPS) is 16.8. The summed E-state index contributed by atoms with van der Waals surface area (Å²) >= 11 is 0. The van der Waals surface area contributed by atoms with Crippen molar-refractivity contribution in [3.63, 3.8) is 0 Å². The standard InChI is InChI=1S/C26H29NO6/c1-26(2,3)33-25(31)27-19(16-18-12-8-5-9-13-18)22(28)21-23(29)20(32-24(21)30)15-14-17-10-6-4-7-11-17/h4-13,19-20,29H,14-16H2,1-3H3,(H,27,31)/t19-,20-/m1/s1. The summed E-state index contributed by atoms with van der Waals surface area (Å²) < 4.78 is 10.6. The Kier molecular flexibility index (Phi) is 7.53. The molecule has 0 saturated carbocycles. The van der Waals surface area contributed by atoms with Crippen LogP contribution in [0.3, 0.4) is 0 Å². The minimum atomic E-state index is -1.11. The molecule has 0 unspecified atom stereocenters. The van der Waals surface area contributed by atoms with E-state index < -0.39 is 46.9 Å². The largest absolute Gasteiger partial charge is 0.507 e. The highest BCUT2D eigenvalue weighted by Crippen LogP contribution is 2.26. The number of aryl methyl sites for hydroxylation is 1. The fourth-order valence-electron chi connectivity index (χ4n) is 3.56. The second kappa shape index (κ2) is 10.3. The SMILES string of the molecule is CC(C)(C)OC(=O)N[C@H](Cc1ccccc1)C(=O)C1=C(O)[C@@H](CCc2ccccc2)OC1=O. The number of aliphatic hydroxyl groups excluding tert-OH is 1. The van der Waals surface area contributed by atoms with Gasteiger partial charge in [-0.2, -0.15) is 0 Å². The zero-order valence-corrected chi connectivity index (χ0v) is 19.0. The number of carbonyl (C=O) groups is 3. The first kappa shape index (κ1) is 24.0. The summed E-state index contributed by atoms with van der Waals surface area (Å²) in [5, 5.41) is 13.2. The van der Waals surface area contributed by atoms with Gasteiger partial charge in [0.05, 0.1) is 6.04 Å². The molecule has 7 nitrogen and oxygen atoms in total. The lowest BCUT2D eigenvalue weighted by Gasteiger charge is -2.23. The molecule has 0 bridgehead atoms. The lowest BCUT2D eigenvalue weighted by Crippen LogP contribution is -2.46. The third-order valence-electron chi connectivity index (χ3n) is 5.09. The van der Waals surface area contributed by atoms with Gasteiger partial charge in [0.1, 0.15) is 11.2 Å². The second-order valence-corrected chi connectivity index (χ2v) is 8.93. The molecule has 2 aromatic carbocycles. The number of cyclic esters (lactones) is 1. The van der Waals surface area contributed by atoms with Gasteiger partial charge in [-0.1, -0.05) is 60.7 Å². The number of ketones is 1.